The Morgan fingerprint density at radius 1 is 1.09 bits per heavy atom. The van der Waals surface area contributed by atoms with Crippen molar-refractivity contribution in [1.29, 1.82) is 0 Å². The zero-order valence-corrected chi connectivity index (χ0v) is 18.5. The molecular weight excluding hydrogens is 436 g/mol. The summed E-state index contributed by atoms with van der Waals surface area (Å²) in [5.74, 6) is -0.881. The molecule has 0 spiro atoms. The van der Waals surface area contributed by atoms with E-state index >= 15 is 0 Å². The van der Waals surface area contributed by atoms with Crippen molar-refractivity contribution in [3.63, 3.8) is 0 Å². The number of para-hydroxylation sites is 1. The molecule has 0 aliphatic rings. The summed E-state index contributed by atoms with van der Waals surface area (Å²) in [5.41, 5.74) is 0.978. The SMILES string of the molecule is C=CCOc1c(Cl)cc(-c2nn(-c3ccccc3)c(C(=O)OC)c2C(=O)OC)cc1OC. The highest BCUT2D eigenvalue weighted by molar-refractivity contribution is 6.32. The lowest BCUT2D eigenvalue weighted by molar-refractivity contribution is 0.0549. The van der Waals surface area contributed by atoms with Crippen molar-refractivity contribution in [2.75, 3.05) is 27.9 Å². The van der Waals surface area contributed by atoms with Gasteiger partial charge in [-0.3, -0.25) is 0 Å². The molecule has 3 rings (SSSR count). The van der Waals surface area contributed by atoms with Crippen molar-refractivity contribution in [2.24, 2.45) is 0 Å². The van der Waals surface area contributed by atoms with Gasteiger partial charge in [0.05, 0.1) is 32.0 Å². The Bertz CT molecular complexity index is 1160. The van der Waals surface area contributed by atoms with Crippen LogP contribution in [-0.2, 0) is 9.47 Å². The third-order valence-electron chi connectivity index (χ3n) is 4.50. The van der Waals surface area contributed by atoms with Crippen LogP contribution in [-0.4, -0.2) is 49.7 Å². The molecule has 0 amide bonds. The van der Waals surface area contributed by atoms with Gasteiger partial charge in [0, 0.05) is 5.56 Å². The number of ether oxygens (including phenoxy) is 4. The predicted molar refractivity (Wildman–Crippen MR) is 119 cm³/mol. The molecule has 0 radical (unpaired) electrons. The summed E-state index contributed by atoms with van der Waals surface area (Å²) < 4.78 is 22.2. The van der Waals surface area contributed by atoms with Crippen LogP contribution in [0.1, 0.15) is 20.8 Å². The van der Waals surface area contributed by atoms with Gasteiger partial charge in [0.25, 0.3) is 0 Å². The fourth-order valence-electron chi connectivity index (χ4n) is 3.10. The molecule has 0 aliphatic heterocycles. The van der Waals surface area contributed by atoms with Gasteiger partial charge in [-0.25, -0.2) is 14.3 Å². The van der Waals surface area contributed by atoms with Gasteiger partial charge in [-0.2, -0.15) is 5.10 Å². The molecule has 32 heavy (non-hydrogen) atoms. The summed E-state index contributed by atoms with van der Waals surface area (Å²) in [7, 11) is 3.89. The first-order valence-corrected chi connectivity index (χ1v) is 9.81. The lowest BCUT2D eigenvalue weighted by Crippen LogP contribution is -2.15. The normalized spacial score (nSPS) is 10.4. The Hall–Kier alpha value is -3.78. The van der Waals surface area contributed by atoms with Gasteiger partial charge >= 0.3 is 11.9 Å². The number of carbonyl (C=O) groups excluding carboxylic acids is 2. The van der Waals surface area contributed by atoms with Gasteiger partial charge < -0.3 is 18.9 Å². The van der Waals surface area contributed by atoms with Crippen LogP contribution in [0.4, 0.5) is 0 Å². The topological polar surface area (TPSA) is 88.9 Å². The van der Waals surface area contributed by atoms with Crippen molar-refractivity contribution < 1.29 is 28.5 Å². The van der Waals surface area contributed by atoms with E-state index in [1.807, 2.05) is 6.07 Å². The summed E-state index contributed by atoms with van der Waals surface area (Å²) in [4.78, 5) is 25.4. The van der Waals surface area contributed by atoms with Gasteiger partial charge in [0.2, 0.25) is 0 Å². The van der Waals surface area contributed by atoms with Crippen LogP contribution in [0.15, 0.2) is 55.1 Å². The summed E-state index contributed by atoms with van der Waals surface area (Å²) in [6, 6.07) is 12.0. The lowest BCUT2D eigenvalue weighted by Gasteiger charge is -2.13. The zero-order valence-electron chi connectivity index (χ0n) is 17.8. The molecule has 0 unspecified atom stereocenters. The number of hydrogen-bond acceptors (Lipinski definition) is 7. The van der Waals surface area contributed by atoms with Gasteiger partial charge in [-0.15, -0.1) is 0 Å². The summed E-state index contributed by atoms with van der Waals surface area (Å²) >= 11 is 6.44. The maximum Gasteiger partial charge on any atom is 0.357 e. The van der Waals surface area contributed by atoms with Crippen LogP contribution in [0.5, 0.6) is 11.5 Å². The van der Waals surface area contributed by atoms with Crippen LogP contribution in [0.2, 0.25) is 5.02 Å². The van der Waals surface area contributed by atoms with Crippen molar-refractivity contribution in [1.82, 2.24) is 9.78 Å². The van der Waals surface area contributed by atoms with Crippen LogP contribution < -0.4 is 9.47 Å². The molecule has 0 saturated heterocycles. The molecule has 2 aromatic carbocycles. The molecule has 8 nitrogen and oxygen atoms in total. The van der Waals surface area contributed by atoms with E-state index in [0.717, 1.165) is 0 Å². The van der Waals surface area contributed by atoms with E-state index in [1.165, 1.54) is 26.0 Å². The third kappa shape index (κ3) is 4.31. The van der Waals surface area contributed by atoms with Crippen molar-refractivity contribution in [2.45, 2.75) is 0 Å². The summed E-state index contributed by atoms with van der Waals surface area (Å²) in [6.45, 7) is 3.84. The van der Waals surface area contributed by atoms with Gasteiger partial charge in [-0.1, -0.05) is 42.5 Å². The Kier molecular flexibility index (Phi) is 7.17. The van der Waals surface area contributed by atoms with Crippen LogP contribution in [0.25, 0.3) is 16.9 Å². The van der Waals surface area contributed by atoms with E-state index in [1.54, 1.807) is 42.5 Å². The highest BCUT2D eigenvalue weighted by Gasteiger charge is 2.32. The molecule has 1 aromatic heterocycles. The lowest BCUT2D eigenvalue weighted by atomic mass is 10.0. The predicted octanol–water partition coefficient (Wildman–Crippen LogP) is 4.34. The van der Waals surface area contributed by atoms with E-state index < -0.39 is 11.9 Å². The Morgan fingerprint density at radius 3 is 2.38 bits per heavy atom. The number of hydrogen-bond donors (Lipinski definition) is 0. The number of nitrogens with zero attached hydrogens (tertiary/aromatic N) is 2. The largest absolute Gasteiger partial charge is 0.493 e. The summed E-state index contributed by atoms with van der Waals surface area (Å²) in [6.07, 6.45) is 1.57. The van der Waals surface area contributed by atoms with Crippen molar-refractivity contribution in [3.05, 3.63) is 71.4 Å². The highest BCUT2D eigenvalue weighted by Crippen LogP contribution is 2.41. The summed E-state index contributed by atoms with van der Waals surface area (Å²) in [5, 5.41) is 4.77. The van der Waals surface area contributed by atoms with Crippen LogP contribution in [0, 0.1) is 0 Å². The molecule has 3 aromatic rings. The Balaban J connectivity index is 2.32. The maximum atomic E-state index is 12.8. The minimum atomic E-state index is -0.760. The van der Waals surface area contributed by atoms with E-state index in [2.05, 4.69) is 11.7 Å². The minimum absolute atomic E-state index is 0.0684. The molecule has 0 saturated carbocycles. The molecule has 166 valence electrons. The zero-order chi connectivity index (χ0) is 23.3. The van der Waals surface area contributed by atoms with Crippen molar-refractivity contribution in [3.8, 4) is 28.4 Å². The van der Waals surface area contributed by atoms with E-state index in [0.29, 0.717) is 22.7 Å². The fourth-order valence-corrected chi connectivity index (χ4v) is 3.36. The highest BCUT2D eigenvalue weighted by atomic mass is 35.5. The maximum absolute atomic E-state index is 12.8. The number of rotatable bonds is 8. The first-order valence-electron chi connectivity index (χ1n) is 9.43. The molecule has 9 heteroatoms. The molecule has 0 atom stereocenters. The monoisotopic (exact) mass is 456 g/mol. The van der Waals surface area contributed by atoms with Gasteiger partial charge in [-0.05, 0) is 24.3 Å². The number of benzene rings is 2. The quantitative estimate of drug-likeness (QED) is 0.368. The van der Waals surface area contributed by atoms with Crippen LogP contribution >= 0.6 is 11.6 Å². The molecule has 0 N–H and O–H groups in total. The average molecular weight is 457 g/mol. The number of halogens is 1. The average Bonchev–Trinajstić information content (AvgIpc) is 3.23. The molecule has 0 fully saturated rings. The number of esters is 2. The Labute approximate surface area is 189 Å². The first-order chi connectivity index (χ1) is 15.5. The molecule has 0 aliphatic carbocycles. The van der Waals surface area contributed by atoms with E-state index in [-0.39, 0.29) is 28.6 Å². The smallest absolute Gasteiger partial charge is 0.357 e. The first kappa shape index (κ1) is 22.9. The Morgan fingerprint density at radius 2 is 1.78 bits per heavy atom. The standard InChI is InChI=1S/C23H21ClN2O6/c1-5-11-32-21-16(24)12-14(13-17(21)29-2)19-18(22(27)30-3)20(23(28)31-4)26(25-19)15-9-7-6-8-10-15/h5-10,12-13H,1,11H2,2-4H3. The molecular formula is C23H21ClN2O6. The minimum Gasteiger partial charge on any atom is -0.493 e. The van der Waals surface area contributed by atoms with Crippen molar-refractivity contribution >= 4 is 23.5 Å². The molecule has 0 bridgehead atoms. The van der Waals surface area contributed by atoms with Gasteiger partial charge in [0.1, 0.15) is 17.9 Å². The second kappa shape index (κ2) is 10.0. The number of carbonyl (C=O) groups is 2. The number of aromatic nitrogens is 2. The van der Waals surface area contributed by atoms with Crippen LogP contribution in [0.3, 0.4) is 0 Å². The third-order valence-corrected chi connectivity index (χ3v) is 4.78. The second-order valence-corrected chi connectivity index (χ2v) is 6.80. The molecule has 1 heterocycles. The number of methoxy groups -OCH3 is 3. The van der Waals surface area contributed by atoms with Gasteiger partial charge in [0.15, 0.2) is 17.2 Å². The fraction of sp³-hybridized carbons (Fsp3) is 0.174. The second-order valence-electron chi connectivity index (χ2n) is 6.39. The van der Waals surface area contributed by atoms with E-state index in [9.17, 15) is 9.59 Å². The van der Waals surface area contributed by atoms with E-state index in [4.69, 9.17) is 30.5 Å².